The SMILES string of the molecule is Cc1c(C)c(C)c(P(Cl)(C2=CC=CC2)(c2ccccc2)c2ccccc2)c(C)c1C. The number of allylic oxidation sites excluding steroid dienone is 4. The van der Waals surface area contributed by atoms with Gasteiger partial charge < -0.3 is 0 Å². The summed E-state index contributed by atoms with van der Waals surface area (Å²) in [6.07, 6.45) is 7.57. The van der Waals surface area contributed by atoms with E-state index in [4.69, 9.17) is 11.2 Å². The van der Waals surface area contributed by atoms with Crippen LogP contribution in [-0.2, 0) is 0 Å². The number of hydrogen-bond acceptors (Lipinski definition) is 0. The summed E-state index contributed by atoms with van der Waals surface area (Å²) >= 11 is 8.41. The van der Waals surface area contributed by atoms with Crippen molar-refractivity contribution < 1.29 is 0 Å². The summed E-state index contributed by atoms with van der Waals surface area (Å²) in [5.41, 5.74) is 6.71. The first kappa shape index (κ1) is 21.1. The van der Waals surface area contributed by atoms with Crippen LogP contribution in [0.5, 0.6) is 0 Å². The Bertz CT molecular complexity index is 1100. The monoisotopic (exact) mass is 432 g/mol. The second kappa shape index (κ2) is 7.52. The maximum absolute atomic E-state index is 8.41. The number of benzene rings is 3. The van der Waals surface area contributed by atoms with Crippen molar-refractivity contribution in [3.63, 3.8) is 0 Å². The Morgan fingerprint density at radius 1 is 0.633 bits per heavy atom. The van der Waals surface area contributed by atoms with Gasteiger partial charge in [0.25, 0.3) is 0 Å². The molecule has 0 nitrogen and oxygen atoms in total. The van der Waals surface area contributed by atoms with Gasteiger partial charge in [0.2, 0.25) is 0 Å². The molecule has 0 saturated heterocycles. The van der Waals surface area contributed by atoms with E-state index in [0.717, 1.165) is 6.42 Å². The molecule has 0 bridgehead atoms. The van der Waals surface area contributed by atoms with E-state index in [-0.39, 0.29) is 0 Å². The molecule has 0 heterocycles. The average Bonchev–Trinajstić information content (AvgIpc) is 3.34. The molecule has 2 heteroatoms. The second-order valence-corrected chi connectivity index (χ2v) is 14.5. The quantitative estimate of drug-likeness (QED) is 0.387. The summed E-state index contributed by atoms with van der Waals surface area (Å²) in [5.74, 6) is -3.42. The van der Waals surface area contributed by atoms with Crippen molar-refractivity contribution in [2.75, 3.05) is 0 Å². The molecule has 0 N–H and O–H groups in total. The Balaban J connectivity index is 2.31. The zero-order chi connectivity index (χ0) is 21.5. The van der Waals surface area contributed by atoms with Gasteiger partial charge >= 0.3 is 186 Å². The van der Waals surface area contributed by atoms with E-state index in [9.17, 15) is 0 Å². The normalized spacial score (nSPS) is 15.0. The van der Waals surface area contributed by atoms with E-state index < -0.39 is 5.96 Å². The number of halogens is 1. The van der Waals surface area contributed by atoms with Gasteiger partial charge in [0.15, 0.2) is 0 Å². The zero-order valence-electron chi connectivity index (χ0n) is 18.5. The second-order valence-electron chi connectivity index (χ2n) is 8.44. The molecule has 1 aliphatic carbocycles. The van der Waals surface area contributed by atoms with Gasteiger partial charge in [-0.25, -0.2) is 0 Å². The van der Waals surface area contributed by atoms with Crippen molar-refractivity contribution in [3.8, 4) is 0 Å². The van der Waals surface area contributed by atoms with Crippen molar-refractivity contribution in [3.05, 3.63) is 112 Å². The fourth-order valence-electron chi connectivity index (χ4n) is 5.16. The van der Waals surface area contributed by atoms with Crippen molar-refractivity contribution in [2.24, 2.45) is 0 Å². The van der Waals surface area contributed by atoms with Crippen molar-refractivity contribution in [1.82, 2.24) is 0 Å². The van der Waals surface area contributed by atoms with Crippen LogP contribution in [0.15, 0.2) is 84.2 Å². The van der Waals surface area contributed by atoms with Crippen molar-refractivity contribution in [1.29, 1.82) is 0 Å². The molecule has 0 spiro atoms. The molecule has 0 aromatic heterocycles. The van der Waals surface area contributed by atoms with Crippen LogP contribution in [-0.4, -0.2) is 0 Å². The van der Waals surface area contributed by atoms with E-state index in [1.165, 1.54) is 49.0 Å². The average molecular weight is 433 g/mol. The first-order chi connectivity index (χ1) is 14.3. The van der Waals surface area contributed by atoms with Crippen LogP contribution in [0.25, 0.3) is 0 Å². The molecule has 0 fully saturated rings. The molecule has 4 rings (SSSR count). The summed E-state index contributed by atoms with van der Waals surface area (Å²) in [4.78, 5) is 0. The van der Waals surface area contributed by atoms with Gasteiger partial charge in [-0.15, -0.1) is 0 Å². The third-order valence-electron chi connectivity index (χ3n) is 7.15. The Labute approximate surface area is 186 Å². The standard InChI is InChI=1S/C28H30ClP/c1-20-21(2)23(4)28(24(5)22(20)3)30(29,27-18-12-13-19-27,25-14-8-6-9-15-25)26-16-10-7-11-17-26/h6-18H,19H2,1-5H3. The fraction of sp³-hybridized carbons (Fsp3) is 0.214. The molecule has 1 aliphatic rings. The molecule has 0 aliphatic heterocycles. The van der Waals surface area contributed by atoms with Gasteiger partial charge in [-0.05, 0) is 0 Å². The van der Waals surface area contributed by atoms with E-state index in [1.54, 1.807) is 0 Å². The van der Waals surface area contributed by atoms with Gasteiger partial charge in [-0.1, -0.05) is 0 Å². The van der Waals surface area contributed by atoms with Crippen LogP contribution in [0.2, 0.25) is 0 Å². The third-order valence-corrected chi connectivity index (χ3v) is 14.9. The van der Waals surface area contributed by atoms with E-state index in [2.05, 4.69) is 114 Å². The Kier molecular flexibility index (Phi) is 5.29. The van der Waals surface area contributed by atoms with Crippen LogP contribution >= 0.6 is 17.2 Å². The molecule has 0 unspecified atom stereocenters. The molecule has 3 aromatic carbocycles. The molecule has 0 saturated carbocycles. The summed E-state index contributed by atoms with van der Waals surface area (Å²) in [6.45, 7) is 11.3. The molecule has 154 valence electrons. The minimum absolute atomic E-state index is 0.885. The maximum atomic E-state index is 8.41. The number of hydrogen-bond donors (Lipinski definition) is 0. The summed E-state index contributed by atoms with van der Waals surface area (Å²) in [6, 6.07) is 21.6. The van der Waals surface area contributed by atoms with Crippen LogP contribution in [0.3, 0.4) is 0 Å². The van der Waals surface area contributed by atoms with Gasteiger partial charge in [0.05, 0.1) is 0 Å². The Morgan fingerprint density at radius 2 is 1.07 bits per heavy atom. The topological polar surface area (TPSA) is 0 Å². The van der Waals surface area contributed by atoms with Gasteiger partial charge in [-0.3, -0.25) is 0 Å². The summed E-state index contributed by atoms with van der Waals surface area (Å²) in [7, 11) is 0. The molecular weight excluding hydrogens is 403 g/mol. The predicted molar refractivity (Wildman–Crippen MR) is 137 cm³/mol. The van der Waals surface area contributed by atoms with Gasteiger partial charge in [-0.2, -0.15) is 0 Å². The van der Waals surface area contributed by atoms with Crippen molar-refractivity contribution in [2.45, 2.75) is 41.0 Å². The predicted octanol–water partition coefficient (Wildman–Crippen LogP) is 7.06. The van der Waals surface area contributed by atoms with Crippen molar-refractivity contribution >= 4 is 33.1 Å². The van der Waals surface area contributed by atoms with Crippen LogP contribution < -0.4 is 15.9 Å². The van der Waals surface area contributed by atoms with Gasteiger partial charge in [0.1, 0.15) is 0 Å². The molecule has 0 radical (unpaired) electrons. The third kappa shape index (κ3) is 2.71. The molecule has 3 aromatic rings. The Morgan fingerprint density at radius 3 is 1.47 bits per heavy atom. The summed E-state index contributed by atoms with van der Waals surface area (Å²) < 4.78 is 0. The van der Waals surface area contributed by atoms with E-state index >= 15 is 0 Å². The molecule has 0 atom stereocenters. The summed E-state index contributed by atoms with van der Waals surface area (Å²) in [5, 5.41) is 5.10. The molecule has 0 amide bonds. The first-order valence-corrected chi connectivity index (χ1v) is 13.7. The zero-order valence-corrected chi connectivity index (χ0v) is 20.2. The van der Waals surface area contributed by atoms with Crippen LogP contribution in [0.1, 0.15) is 34.2 Å². The fourth-order valence-corrected chi connectivity index (χ4v) is 12.6. The van der Waals surface area contributed by atoms with Crippen LogP contribution in [0.4, 0.5) is 0 Å². The van der Waals surface area contributed by atoms with Gasteiger partial charge in [0, 0.05) is 0 Å². The minimum atomic E-state index is -3.42. The molecule has 30 heavy (non-hydrogen) atoms. The number of rotatable bonds is 4. The molecular formula is C28H30ClP. The van der Waals surface area contributed by atoms with E-state index in [0.29, 0.717) is 0 Å². The van der Waals surface area contributed by atoms with E-state index in [1.807, 2.05) is 0 Å². The Hall–Kier alpha value is -2.14. The first-order valence-electron chi connectivity index (χ1n) is 10.6. The van der Waals surface area contributed by atoms with Crippen LogP contribution in [0, 0.1) is 34.6 Å².